The van der Waals surface area contributed by atoms with Crippen LogP contribution in [0.5, 0.6) is 0 Å². The zero-order chi connectivity index (χ0) is 14.3. The lowest BCUT2D eigenvalue weighted by Gasteiger charge is -2.20. The van der Waals surface area contributed by atoms with Crippen LogP contribution in [0.15, 0.2) is 16.3 Å². The van der Waals surface area contributed by atoms with Gasteiger partial charge in [-0.2, -0.15) is 17.9 Å². The Hall–Kier alpha value is -0.640. The minimum Gasteiger partial charge on any atom is -0.315 e. The largest absolute Gasteiger partial charge is 0.407 e. The number of rotatable bonds is 5. The molecule has 0 radical (unpaired) electrons. The second-order valence-electron chi connectivity index (χ2n) is 4.42. The third-order valence-electron chi connectivity index (χ3n) is 2.95. The summed E-state index contributed by atoms with van der Waals surface area (Å²) in [6.07, 6.45) is -4.97. The van der Waals surface area contributed by atoms with Crippen LogP contribution in [0.1, 0.15) is 17.7 Å². The lowest BCUT2D eigenvalue weighted by atomic mass is 10.3. The van der Waals surface area contributed by atoms with Gasteiger partial charge in [0.05, 0.1) is 4.90 Å². The van der Waals surface area contributed by atoms with E-state index in [0.29, 0.717) is 11.4 Å². The zero-order valence-corrected chi connectivity index (χ0v) is 11.7. The lowest BCUT2D eigenvalue weighted by Crippen LogP contribution is -2.47. The van der Waals surface area contributed by atoms with Crippen LogP contribution in [-0.4, -0.2) is 27.2 Å². The Kier molecular flexibility index (Phi) is 3.67. The Morgan fingerprint density at radius 1 is 1.42 bits per heavy atom. The molecule has 0 aliphatic heterocycles. The zero-order valence-electron chi connectivity index (χ0n) is 10.0. The van der Waals surface area contributed by atoms with Crippen molar-refractivity contribution in [1.82, 2.24) is 10.0 Å². The Balaban J connectivity index is 2.27. The van der Waals surface area contributed by atoms with E-state index in [1.165, 1.54) is 17.4 Å². The summed E-state index contributed by atoms with van der Waals surface area (Å²) >= 11 is 1.19. The fourth-order valence-corrected chi connectivity index (χ4v) is 4.64. The van der Waals surface area contributed by atoms with E-state index in [1.807, 2.05) is 4.72 Å². The predicted octanol–water partition coefficient (Wildman–Crippen LogP) is 1.84. The summed E-state index contributed by atoms with van der Waals surface area (Å²) in [5.74, 6) is 0. The van der Waals surface area contributed by atoms with Gasteiger partial charge >= 0.3 is 6.18 Å². The molecule has 0 bridgehead atoms. The molecule has 0 aromatic carbocycles. The molecule has 0 atom stereocenters. The molecule has 0 spiro atoms. The van der Waals surface area contributed by atoms with Crippen molar-refractivity contribution in [2.75, 3.05) is 7.05 Å². The molecule has 108 valence electrons. The highest BCUT2D eigenvalue weighted by Gasteiger charge is 2.65. The maximum atomic E-state index is 12.8. The highest BCUT2D eigenvalue weighted by Crippen LogP contribution is 2.49. The molecule has 9 heteroatoms. The average molecular weight is 314 g/mol. The third kappa shape index (κ3) is 2.78. The fourth-order valence-electron chi connectivity index (χ4n) is 1.74. The fraction of sp³-hybridized carbons (Fsp3) is 0.600. The van der Waals surface area contributed by atoms with Gasteiger partial charge in [-0.15, -0.1) is 11.3 Å². The van der Waals surface area contributed by atoms with E-state index < -0.39 is 21.7 Å². The van der Waals surface area contributed by atoms with Gasteiger partial charge in [0.1, 0.15) is 5.54 Å². The number of nitrogens with one attached hydrogen (secondary N) is 2. The summed E-state index contributed by atoms with van der Waals surface area (Å²) in [4.78, 5) is 0.412. The number of thiophene rings is 1. The molecular weight excluding hydrogens is 301 g/mol. The van der Waals surface area contributed by atoms with Crippen molar-refractivity contribution in [3.05, 3.63) is 16.3 Å². The van der Waals surface area contributed by atoms with Crippen LogP contribution in [-0.2, 0) is 16.6 Å². The van der Waals surface area contributed by atoms with Gasteiger partial charge in [-0.25, -0.2) is 8.42 Å². The molecular formula is C10H13F3N2O2S2. The Bertz CT molecular complexity index is 562. The SMILES string of the molecule is CNCc1sccc1S(=O)(=O)NC1(C(F)(F)F)CC1. The van der Waals surface area contributed by atoms with E-state index in [0.717, 1.165) is 0 Å². The van der Waals surface area contributed by atoms with Gasteiger partial charge in [0, 0.05) is 11.4 Å². The van der Waals surface area contributed by atoms with E-state index in [2.05, 4.69) is 5.32 Å². The predicted molar refractivity (Wildman–Crippen MR) is 65.4 cm³/mol. The normalized spacial score (nSPS) is 18.5. The number of halogens is 3. The van der Waals surface area contributed by atoms with Crippen molar-refractivity contribution >= 4 is 21.4 Å². The van der Waals surface area contributed by atoms with E-state index in [9.17, 15) is 21.6 Å². The minimum absolute atomic E-state index is 0.0811. The quantitative estimate of drug-likeness (QED) is 0.872. The average Bonchev–Trinajstić information content (AvgIpc) is 2.89. The summed E-state index contributed by atoms with van der Waals surface area (Å²) in [6, 6.07) is 1.33. The molecule has 1 aromatic heterocycles. The maximum absolute atomic E-state index is 12.8. The second kappa shape index (κ2) is 4.72. The number of alkyl halides is 3. The molecule has 2 rings (SSSR count). The lowest BCUT2D eigenvalue weighted by molar-refractivity contribution is -0.160. The Labute approximate surface area is 113 Å². The second-order valence-corrected chi connectivity index (χ2v) is 7.08. The van der Waals surface area contributed by atoms with E-state index in [4.69, 9.17) is 0 Å². The summed E-state index contributed by atoms with van der Waals surface area (Å²) < 4.78 is 64.3. The molecule has 1 aliphatic rings. The van der Waals surface area contributed by atoms with Crippen LogP contribution in [0.3, 0.4) is 0 Å². The summed E-state index contributed by atoms with van der Waals surface area (Å²) in [6.45, 7) is 0.299. The third-order valence-corrected chi connectivity index (χ3v) is 5.62. The van der Waals surface area contributed by atoms with Crippen LogP contribution >= 0.6 is 11.3 Å². The van der Waals surface area contributed by atoms with E-state index in [-0.39, 0.29) is 17.7 Å². The smallest absolute Gasteiger partial charge is 0.315 e. The van der Waals surface area contributed by atoms with Gasteiger partial charge in [-0.05, 0) is 31.3 Å². The van der Waals surface area contributed by atoms with Gasteiger partial charge in [0.2, 0.25) is 10.0 Å². The number of hydrogen-bond acceptors (Lipinski definition) is 4. The van der Waals surface area contributed by atoms with Crippen molar-refractivity contribution < 1.29 is 21.6 Å². The van der Waals surface area contributed by atoms with Gasteiger partial charge < -0.3 is 5.32 Å². The first-order chi connectivity index (χ1) is 8.72. The van der Waals surface area contributed by atoms with Crippen molar-refractivity contribution in [3.8, 4) is 0 Å². The van der Waals surface area contributed by atoms with Crippen molar-refractivity contribution in [2.24, 2.45) is 0 Å². The molecule has 0 saturated heterocycles. The van der Waals surface area contributed by atoms with Gasteiger partial charge in [0.15, 0.2) is 0 Å². The topological polar surface area (TPSA) is 58.2 Å². The van der Waals surface area contributed by atoms with Crippen LogP contribution in [0, 0.1) is 0 Å². The molecule has 1 aliphatic carbocycles. The first-order valence-electron chi connectivity index (χ1n) is 5.53. The van der Waals surface area contributed by atoms with Crippen molar-refractivity contribution in [3.63, 3.8) is 0 Å². The van der Waals surface area contributed by atoms with Gasteiger partial charge in [-0.1, -0.05) is 0 Å². The van der Waals surface area contributed by atoms with Crippen molar-refractivity contribution in [1.29, 1.82) is 0 Å². The molecule has 19 heavy (non-hydrogen) atoms. The molecule has 0 unspecified atom stereocenters. The number of hydrogen-bond donors (Lipinski definition) is 2. The molecule has 1 fully saturated rings. The van der Waals surface area contributed by atoms with E-state index in [1.54, 1.807) is 12.4 Å². The Morgan fingerprint density at radius 3 is 2.53 bits per heavy atom. The molecule has 4 nitrogen and oxygen atoms in total. The van der Waals surface area contributed by atoms with Crippen LogP contribution in [0.4, 0.5) is 13.2 Å². The van der Waals surface area contributed by atoms with Crippen LogP contribution < -0.4 is 10.0 Å². The maximum Gasteiger partial charge on any atom is 0.407 e. The monoisotopic (exact) mass is 314 g/mol. The molecule has 2 N–H and O–H groups in total. The highest BCUT2D eigenvalue weighted by molar-refractivity contribution is 7.89. The van der Waals surface area contributed by atoms with Gasteiger partial charge in [0.25, 0.3) is 0 Å². The Morgan fingerprint density at radius 2 is 2.05 bits per heavy atom. The molecule has 1 heterocycles. The molecule has 1 saturated carbocycles. The summed E-state index contributed by atoms with van der Waals surface area (Å²) in [5.41, 5.74) is -2.27. The van der Waals surface area contributed by atoms with Crippen LogP contribution in [0.25, 0.3) is 0 Å². The number of sulfonamides is 1. The summed E-state index contributed by atoms with van der Waals surface area (Å²) in [5, 5.41) is 4.34. The molecule has 1 aromatic rings. The van der Waals surface area contributed by atoms with Crippen molar-refractivity contribution in [2.45, 2.75) is 36.0 Å². The molecule has 0 amide bonds. The first-order valence-corrected chi connectivity index (χ1v) is 7.90. The standard InChI is InChI=1S/C10H13F3N2O2S2/c1-14-6-7-8(2-5-18-7)19(16,17)15-9(3-4-9)10(11,12)13/h2,5,14-15H,3-4,6H2,1H3. The highest BCUT2D eigenvalue weighted by atomic mass is 32.2. The summed E-state index contributed by atoms with van der Waals surface area (Å²) in [7, 11) is -2.51. The minimum atomic E-state index is -4.56. The first kappa shape index (κ1) is 14.8. The van der Waals surface area contributed by atoms with E-state index >= 15 is 0 Å². The van der Waals surface area contributed by atoms with Gasteiger partial charge in [-0.3, -0.25) is 0 Å². The van der Waals surface area contributed by atoms with Crippen LogP contribution in [0.2, 0.25) is 0 Å².